The van der Waals surface area contributed by atoms with Crippen molar-refractivity contribution in [3.05, 3.63) is 0 Å². The number of carbonyl (C=O) groups excluding carboxylic acids is 1. The van der Waals surface area contributed by atoms with Crippen LogP contribution in [0.2, 0.25) is 0 Å². The molecule has 2 heterocycles. The monoisotopic (exact) mass is 482 g/mol. The fourth-order valence-electron chi connectivity index (χ4n) is 6.64. The SMILES string of the molecule is CCCCCCCC1(CCCCCCC)OC2(CC(C)(C)NC(C)(C)C2)C(=O)N1CC(O)CO. The molecule has 34 heavy (non-hydrogen) atoms. The summed E-state index contributed by atoms with van der Waals surface area (Å²) in [7, 11) is 0. The first-order valence-corrected chi connectivity index (χ1v) is 14.1. The molecule has 0 aromatic heterocycles. The van der Waals surface area contributed by atoms with E-state index in [0.29, 0.717) is 12.8 Å². The smallest absolute Gasteiger partial charge is 0.257 e. The highest BCUT2D eigenvalue weighted by Crippen LogP contribution is 2.50. The van der Waals surface area contributed by atoms with Gasteiger partial charge in [0.25, 0.3) is 5.91 Å². The Morgan fingerprint density at radius 1 is 0.882 bits per heavy atom. The molecule has 0 aromatic rings. The predicted molar refractivity (Wildman–Crippen MR) is 139 cm³/mol. The molecule has 2 saturated heterocycles. The van der Waals surface area contributed by atoms with Crippen LogP contribution in [-0.2, 0) is 9.53 Å². The Kier molecular flexibility index (Phi) is 10.9. The number of ether oxygens (including phenoxy) is 1. The molecule has 0 radical (unpaired) electrons. The number of nitrogens with zero attached hydrogens (tertiary/aromatic N) is 1. The van der Waals surface area contributed by atoms with Crippen molar-refractivity contribution in [1.82, 2.24) is 10.2 Å². The van der Waals surface area contributed by atoms with Crippen LogP contribution < -0.4 is 5.32 Å². The summed E-state index contributed by atoms with van der Waals surface area (Å²) in [5.41, 5.74) is -2.07. The molecule has 6 heteroatoms. The molecule has 200 valence electrons. The van der Waals surface area contributed by atoms with Crippen molar-refractivity contribution in [2.75, 3.05) is 13.2 Å². The van der Waals surface area contributed by atoms with Gasteiger partial charge in [0, 0.05) is 23.9 Å². The van der Waals surface area contributed by atoms with E-state index in [0.717, 1.165) is 38.5 Å². The fourth-order valence-corrected chi connectivity index (χ4v) is 6.64. The van der Waals surface area contributed by atoms with E-state index >= 15 is 0 Å². The average molecular weight is 483 g/mol. The van der Waals surface area contributed by atoms with Gasteiger partial charge in [-0.25, -0.2) is 0 Å². The number of carbonyl (C=O) groups is 1. The van der Waals surface area contributed by atoms with Gasteiger partial charge in [0.05, 0.1) is 19.3 Å². The van der Waals surface area contributed by atoms with Crippen molar-refractivity contribution in [3.63, 3.8) is 0 Å². The second-order valence-electron chi connectivity index (χ2n) is 12.4. The molecule has 1 atom stereocenters. The highest BCUT2D eigenvalue weighted by atomic mass is 16.6. The molecular formula is C28H54N2O4. The van der Waals surface area contributed by atoms with Gasteiger partial charge in [0.2, 0.25) is 0 Å². The van der Waals surface area contributed by atoms with Gasteiger partial charge in [0.15, 0.2) is 5.60 Å². The van der Waals surface area contributed by atoms with Crippen molar-refractivity contribution >= 4 is 5.91 Å². The van der Waals surface area contributed by atoms with Gasteiger partial charge < -0.3 is 25.2 Å². The first-order chi connectivity index (χ1) is 15.9. The van der Waals surface area contributed by atoms with Crippen LogP contribution >= 0.6 is 0 Å². The number of aliphatic hydroxyl groups is 2. The van der Waals surface area contributed by atoms with Crippen molar-refractivity contribution < 1.29 is 19.7 Å². The van der Waals surface area contributed by atoms with Crippen LogP contribution in [0.25, 0.3) is 0 Å². The van der Waals surface area contributed by atoms with E-state index in [-0.39, 0.29) is 30.1 Å². The van der Waals surface area contributed by atoms with E-state index in [1.165, 1.54) is 38.5 Å². The first-order valence-electron chi connectivity index (χ1n) is 14.1. The number of aliphatic hydroxyl groups excluding tert-OH is 2. The molecule has 0 aliphatic carbocycles. The number of β-amino-alcohol motifs (C(OH)–C–C–N with tert-alkyl or cyclic N) is 1. The van der Waals surface area contributed by atoms with Crippen LogP contribution in [0.15, 0.2) is 0 Å². The maximum atomic E-state index is 14.2. The topological polar surface area (TPSA) is 82.0 Å². The molecule has 1 spiro atoms. The second-order valence-corrected chi connectivity index (χ2v) is 12.4. The maximum Gasteiger partial charge on any atom is 0.257 e. The summed E-state index contributed by atoms with van der Waals surface area (Å²) in [6, 6.07) is 0. The van der Waals surface area contributed by atoms with Gasteiger partial charge in [-0.2, -0.15) is 0 Å². The van der Waals surface area contributed by atoms with Gasteiger partial charge in [-0.1, -0.05) is 65.2 Å². The average Bonchev–Trinajstić information content (AvgIpc) is 2.93. The molecule has 2 rings (SSSR count). The van der Waals surface area contributed by atoms with Gasteiger partial charge in [-0.15, -0.1) is 0 Å². The predicted octanol–water partition coefficient (Wildman–Crippen LogP) is 5.30. The van der Waals surface area contributed by atoms with Crippen LogP contribution in [0.3, 0.4) is 0 Å². The Labute approximate surface area is 209 Å². The molecule has 1 unspecified atom stereocenters. The Morgan fingerprint density at radius 2 is 1.35 bits per heavy atom. The molecule has 6 nitrogen and oxygen atoms in total. The number of unbranched alkanes of at least 4 members (excludes halogenated alkanes) is 8. The lowest BCUT2D eigenvalue weighted by molar-refractivity contribution is -0.179. The van der Waals surface area contributed by atoms with Crippen LogP contribution in [0, 0.1) is 0 Å². The van der Waals surface area contributed by atoms with E-state index in [9.17, 15) is 15.0 Å². The summed E-state index contributed by atoms with van der Waals surface area (Å²) in [6.45, 7) is 12.8. The minimum absolute atomic E-state index is 0.00441. The summed E-state index contributed by atoms with van der Waals surface area (Å²) < 4.78 is 7.08. The van der Waals surface area contributed by atoms with E-state index in [1.807, 2.05) is 4.90 Å². The molecule has 2 fully saturated rings. The molecule has 3 N–H and O–H groups in total. The lowest BCUT2D eigenvalue weighted by Gasteiger charge is -2.50. The Morgan fingerprint density at radius 3 is 1.79 bits per heavy atom. The van der Waals surface area contributed by atoms with E-state index in [4.69, 9.17) is 4.74 Å². The van der Waals surface area contributed by atoms with Gasteiger partial charge in [0.1, 0.15) is 5.72 Å². The van der Waals surface area contributed by atoms with Crippen molar-refractivity contribution in [2.24, 2.45) is 0 Å². The zero-order chi connectivity index (χ0) is 25.5. The molecule has 0 saturated carbocycles. The van der Waals surface area contributed by atoms with E-state index in [1.54, 1.807) is 0 Å². The van der Waals surface area contributed by atoms with Crippen molar-refractivity contribution in [1.29, 1.82) is 0 Å². The lowest BCUT2D eigenvalue weighted by atomic mass is 9.72. The molecule has 0 bridgehead atoms. The largest absolute Gasteiger partial charge is 0.394 e. The summed E-state index contributed by atoms with van der Waals surface area (Å²) in [5.74, 6) is 0.00441. The lowest BCUT2D eigenvalue weighted by Crippen LogP contribution is -2.65. The maximum absolute atomic E-state index is 14.2. The number of nitrogens with one attached hydrogen (secondary N) is 1. The third-order valence-corrected chi connectivity index (χ3v) is 7.59. The van der Waals surface area contributed by atoms with Crippen molar-refractivity contribution in [3.8, 4) is 0 Å². The van der Waals surface area contributed by atoms with Crippen molar-refractivity contribution in [2.45, 2.75) is 160 Å². The number of amides is 1. The standard InChI is InChI=1S/C28H54N2O4/c1-7-9-11-13-15-17-28(18-16-14-12-10-8-2)30(19-23(32)20-31)24(33)27(34-28)21-25(3,4)29-26(5,6)22-27/h23,29,31-32H,7-22H2,1-6H3. The van der Waals surface area contributed by atoms with Gasteiger partial charge >= 0.3 is 0 Å². The van der Waals surface area contributed by atoms with Crippen LogP contribution in [0.1, 0.15) is 131 Å². The number of hydrogen-bond donors (Lipinski definition) is 3. The number of piperidine rings is 1. The quantitative estimate of drug-likeness (QED) is 0.276. The number of hydrogen-bond acceptors (Lipinski definition) is 5. The Balaban J connectivity index is 2.36. The number of rotatable bonds is 15. The van der Waals surface area contributed by atoms with Gasteiger partial charge in [-0.05, 0) is 53.4 Å². The minimum atomic E-state index is -0.954. The summed E-state index contributed by atoms with van der Waals surface area (Å²) >= 11 is 0. The summed E-state index contributed by atoms with van der Waals surface area (Å²) in [5, 5.41) is 23.7. The highest BCUT2D eigenvalue weighted by Gasteiger charge is 2.64. The summed E-state index contributed by atoms with van der Waals surface area (Å²) in [6.07, 6.45) is 13.4. The van der Waals surface area contributed by atoms with Gasteiger partial charge in [-0.3, -0.25) is 4.79 Å². The minimum Gasteiger partial charge on any atom is -0.394 e. The van der Waals surface area contributed by atoms with Crippen LogP contribution in [0.5, 0.6) is 0 Å². The van der Waals surface area contributed by atoms with Crippen LogP contribution in [0.4, 0.5) is 0 Å². The highest BCUT2D eigenvalue weighted by molar-refractivity contribution is 5.88. The molecule has 0 aromatic carbocycles. The molecular weight excluding hydrogens is 428 g/mol. The Hall–Kier alpha value is -0.690. The Bertz CT molecular complexity index is 604. The zero-order valence-electron chi connectivity index (χ0n) is 23.0. The molecule has 2 aliphatic rings. The molecule has 2 aliphatic heterocycles. The normalized spacial score (nSPS) is 23.5. The second kappa shape index (κ2) is 12.5. The third kappa shape index (κ3) is 7.65. The summed E-state index contributed by atoms with van der Waals surface area (Å²) in [4.78, 5) is 16.0. The zero-order valence-corrected chi connectivity index (χ0v) is 23.0. The molecule has 1 amide bonds. The van der Waals surface area contributed by atoms with E-state index < -0.39 is 17.4 Å². The fraction of sp³-hybridized carbons (Fsp3) is 0.964. The third-order valence-electron chi connectivity index (χ3n) is 7.59. The first kappa shape index (κ1) is 29.5. The van der Waals surface area contributed by atoms with Crippen LogP contribution in [-0.4, -0.2) is 62.7 Å². The van der Waals surface area contributed by atoms with E-state index in [2.05, 4.69) is 46.9 Å².